The first-order valence-corrected chi connectivity index (χ1v) is 6.13. The number of anilines is 1. The van der Waals surface area contributed by atoms with Crippen LogP contribution in [0.15, 0.2) is 12.4 Å². The van der Waals surface area contributed by atoms with E-state index in [1.165, 1.54) is 12.4 Å². The molecule has 94 valence electrons. The summed E-state index contributed by atoms with van der Waals surface area (Å²) < 4.78 is 0. The van der Waals surface area contributed by atoms with Crippen LogP contribution in [0, 0.1) is 16.7 Å². The minimum atomic E-state index is -0.935. The number of carbonyl (C=O) groups is 1. The SMILES string of the molecule is N#CC1(C(=O)Nc2nccnn2)CCCCCC1. The summed E-state index contributed by atoms with van der Waals surface area (Å²) in [5.41, 5.74) is -0.935. The van der Waals surface area contributed by atoms with E-state index in [4.69, 9.17) is 0 Å². The van der Waals surface area contributed by atoms with E-state index in [-0.39, 0.29) is 11.9 Å². The smallest absolute Gasteiger partial charge is 0.249 e. The van der Waals surface area contributed by atoms with Crippen LogP contribution in [0.3, 0.4) is 0 Å². The van der Waals surface area contributed by atoms with Crippen LogP contribution >= 0.6 is 0 Å². The van der Waals surface area contributed by atoms with Gasteiger partial charge in [0.1, 0.15) is 5.41 Å². The number of hydrogen-bond donors (Lipinski definition) is 1. The van der Waals surface area contributed by atoms with Crippen LogP contribution in [0.2, 0.25) is 0 Å². The molecule has 1 aliphatic rings. The minimum absolute atomic E-state index is 0.154. The van der Waals surface area contributed by atoms with Crippen molar-refractivity contribution in [1.82, 2.24) is 15.2 Å². The Morgan fingerprint density at radius 3 is 2.56 bits per heavy atom. The topological polar surface area (TPSA) is 91.6 Å². The van der Waals surface area contributed by atoms with Crippen molar-refractivity contribution in [3.8, 4) is 6.07 Å². The van der Waals surface area contributed by atoms with E-state index in [1.807, 2.05) is 0 Å². The van der Waals surface area contributed by atoms with Crippen molar-refractivity contribution >= 4 is 11.9 Å². The summed E-state index contributed by atoms with van der Waals surface area (Å²) in [5, 5.41) is 19.3. The summed E-state index contributed by atoms with van der Waals surface area (Å²) in [6.45, 7) is 0. The van der Waals surface area contributed by atoms with E-state index in [2.05, 4.69) is 26.6 Å². The molecule has 0 aliphatic heterocycles. The highest BCUT2D eigenvalue weighted by molar-refractivity contribution is 5.95. The van der Waals surface area contributed by atoms with Crippen molar-refractivity contribution in [3.63, 3.8) is 0 Å². The van der Waals surface area contributed by atoms with Gasteiger partial charge >= 0.3 is 0 Å². The van der Waals surface area contributed by atoms with Crippen molar-refractivity contribution in [1.29, 1.82) is 5.26 Å². The first-order chi connectivity index (χ1) is 8.77. The monoisotopic (exact) mass is 245 g/mol. The molecule has 1 amide bonds. The molecule has 1 aliphatic carbocycles. The first-order valence-electron chi connectivity index (χ1n) is 6.13. The van der Waals surface area contributed by atoms with Gasteiger partial charge in [-0.2, -0.15) is 10.4 Å². The van der Waals surface area contributed by atoms with Crippen LogP contribution in [0.5, 0.6) is 0 Å². The van der Waals surface area contributed by atoms with Crippen molar-refractivity contribution in [2.75, 3.05) is 5.32 Å². The van der Waals surface area contributed by atoms with E-state index in [1.54, 1.807) is 0 Å². The largest absolute Gasteiger partial charge is 0.292 e. The Labute approximate surface area is 105 Å². The number of hydrogen-bond acceptors (Lipinski definition) is 5. The van der Waals surface area contributed by atoms with Gasteiger partial charge in [-0.05, 0) is 12.8 Å². The molecule has 0 unspecified atom stereocenters. The van der Waals surface area contributed by atoms with Crippen LogP contribution in [0.4, 0.5) is 5.95 Å². The molecule has 0 aromatic carbocycles. The van der Waals surface area contributed by atoms with Gasteiger partial charge in [0, 0.05) is 0 Å². The number of rotatable bonds is 2. The number of nitriles is 1. The van der Waals surface area contributed by atoms with Gasteiger partial charge in [-0.15, -0.1) is 5.10 Å². The fourth-order valence-electron chi connectivity index (χ4n) is 2.25. The fraction of sp³-hybridized carbons (Fsp3) is 0.583. The van der Waals surface area contributed by atoms with Crippen LogP contribution < -0.4 is 5.32 Å². The van der Waals surface area contributed by atoms with Gasteiger partial charge in [0.15, 0.2) is 0 Å². The Morgan fingerprint density at radius 1 is 1.28 bits per heavy atom. The Kier molecular flexibility index (Phi) is 3.82. The quantitative estimate of drug-likeness (QED) is 0.800. The lowest BCUT2D eigenvalue weighted by Gasteiger charge is -2.22. The third kappa shape index (κ3) is 2.62. The molecule has 1 aromatic rings. The molecular weight excluding hydrogens is 230 g/mol. The van der Waals surface area contributed by atoms with Gasteiger partial charge in [-0.25, -0.2) is 4.98 Å². The van der Waals surface area contributed by atoms with Crippen LogP contribution in [-0.4, -0.2) is 21.1 Å². The van der Waals surface area contributed by atoms with Gasteiger partial charge in [-0.1, -0.05) is 25.7 Å². The molecule has 0 atom stereocenters. The molecule has 0 bridgehead atoms. The van der Waals surface area contributed by atoms with Crippen LogP contribution in [0.25, 0.3) is 0 Å². The predicted octanol–water partition coefficient (Wildman–Crippen LogP) is 1.67. The Bertz CT molecular complexity index is 445. The standard InChI is InChI=1S/C12H15N5O/c13-9-12(5-3-1-2-4-6-12)10(18)16-11-14-7-8-15-17-11/h7-8H,1-6H2,(H,14,16,17,18). The Balaban J connectivity index is 2.12. The lowest BCUT2D eigenvalue weighted by atomic mass is 9.81. The molecule has 18 heavy (non-hydrogen) atoms. The molecule has 0 radical (unpaired) electrons. The first kappa shape index (κ1) is 12.4. The third-order valence-corrected chi connectivity index (χ3v) is 3.31. The minimum Gasteiger partial charge on any atom is -0.292 e. The number of nitrogens with one attached hydrogen (secondary N) is 1. The van der Waals surface area contributed by atoms with Gasteiger partial charge < -0.3 is 0 Å². The lowest BCUT2D eigenvalue weighted by Crippen LogP contribution is -2.35. The van der Waals surface area contributed by atoms with Crippen molar-refractivity contribution in [3.05, 3.63) is 12.4 Å². The molecule has 1 heterocycles. The number of aromatic nitrogens is 3. The van der Waals surface area contributed by atoms with Gasteiger partial charge in [-0.3, -0.25) is 10.1 Å². The van der Waals surface area contributed by atoms with E-state index >= 15 is 0 Å². The van der Waals surface area contributed by atoms with Crippen molar-refractivity contribution in [2.45, 2.75) is 38.5 Å². The summed E-state index contributed by atoms with van der Waals surface area (Å²) in [6.07, 6.45) is 8.09. The maximum Gasteiger partial charge on any atom is 0.249 e. The number of nitrogens with zero attached hydrogens (tertiary/aromatic N) is 4. The highest BCUT2D eigenvalue weighted by Gasteiger charge is 2.39. The van der Waals surface area contributed by atoms with E-state index in [0.717, 1.165) is 25.7 Å². The lowest BCUT2D eigenvalue weighted by molar-refractivity contribution is -0.123. The zero-order valence-electron chi connectivity index (χ0n) is 10.1. The normalized spacial score (nSPS) is 18.4. The molecule has 1 fully saturated rings. The summed E-state index contributed by atoms with van der Waals surface area (Å²) in [5.74, 6) is -0.152. The molecule has 0 spiro atoms. The highest BCUT2D eigenvalue weighted by atomic mass is 16.2. The fourth-order valence-corrected chi connectivity index (χ4v) is 2.25. The van der Waals surface area contributed by atoms with E-state index < -0.39 is 5.41 Å². The van der Waals surface area contributed by atoms with E-state index in [0.29, 0.717) is 12.8 Å². The second-order valence-corrected chi connectivity index (χ2v) is 4.53. The van der Waals surface area contributed by atoms with Gasteiger partial charge in [0.2, 0.25) is 11.9 Å². The van der Waals surface area contributed by atoms with Gasteiger partial charge in [0.05, 0.1) is 18.5 Å². The average molecular weight is 245 g/mol. The number of amides is 1. The summed E-state index contributed by atoms with van der Waals surface area (Å²) in [6, 6.07) is 2.19. The third-order valence-electron chi connectivity index (χ3n) is 3.31. The van der Waals surface area contributed by atoms with Crippen molar-refractivity contribution < 1.29 is 4.79 Å². The van der Waals surface area contributed by atoms with Crippen LogP contribution in [0.1, 0.15) is 38.5 Å². The molecule has 1 aromatic heterocycles. The summed E-state index contributed by atoms with van der Waals surface area (Å²) in [7, 11) is 0. The molecule has 1 saturated carbocycles. The molecule has 2 rings (SSSR count). The van der Waals surface area contributed by atoms with Gasteiger partial charge in [0.25, 0.3) is 0 Å². The highest BCUT2D eigenvalue weighted by Crippen LogP contribution is 2.35. The Hall–Kier alpha value is -2.03. The number of carbonyl (C=O) groups excluding carboxylic acids is 1. The maximum absolute atomic E-state index is 12.2. The van der Waals surface area contributed by atoms with Crippen molar-refractivity contribution in [2.24, 2.45) is 5.41 Å². The summed E-state index contributed by atoms with van der Waals surface area (Å²) in [4.78, 5) is 16.1. The second kappa shape index (κ2) is 5.54. The second-order valence-electron chi connectivity index (χ2n) is 4.53. The molecule has 6 nitrogen and oxygen atoms in total. The maximum atomic E-state index is 12.2. The molecule has 6 heteroatoms. The average Bonchev–Trinajstić information content (AvgIpc) is 2.66. The molecular formula is C12H15N5O. The predicted molar refractivity (Wildman–Crippen MR) is 64.2 cm³/mol. The zero-order valence-corrected chi connectivity index (χ0v) is 10.1. The summed E-state index contributed by atoms with van der Waals surface area (Å²) >= 11 is 0. The van der Waals surface area contributed by atoms with Crippen LogP contribution in [-0.2, 0) is 4.79 Å². The molecule has 0 saturated heterocycles. The zero-order chi connectivity index (χ0) is 12.8. The Morgan fingerprint density at radius 2 is 2.00 bits per heavy atom. The molecule has 1 N–H and O–H groups in total. The van der Waals surface area contributed by atoms with E-state index in [9.17, 15) is 10.1 Å².